The lowest BCUT2D eigenvalue weighted by Gasteiger charge is -2.13. The molecule has 4 nitrogen and oxygen atoms in total. The molecule has 0 aromatic heterocycles. The molecule has 0 aliphatic carbocycles. The molecule has 0 heterocycles. The van der Waals surface area contributed by atoms with Crippen LogP contribution in [0.4, 0.5) is 5.69 Å². The van der Waals surface area contributed by atoms with Gasteiger partial charge in [0, 0.05) is 16.8 Å². The number of hydrogen-bond donors (Lipinski definition) is 1. The van der Waals surface area contributed by atoms with E-state index < -0.39 is 0 Å². The molecule has 0 unspecified atom stereocenters. The van der Waals surface area contributed by atoms with Crippen molar-refractivity contribution in [1.29, 1.82) is 5.26 Å². The highest BCUT2D eigenvalue weighted by Crippen LogP contribution is 2.34. The number of rotatable bonds is 4. The summed E-state index contributed by atoms with van der Waals surface area (Å²) in [6.45, 7) is 0. The molecule has 20 heavy (non-hydrogen) atoms. The van der Waals surface area contributed by atoms with E-state index in [0.717, 1.165) is 16.9 Å². The summed E-state index contributed by atoms with van der Waals surface area (Å²) in [6, 6.07) is 16.8. The van der Waals surface area contributed by atoms with E-state index in [1.54, 1.807) is 13.2 Å². The van der Waals surface area contributed by atoms with Crippen molar-refractivity contribution in [2.45, 2.75) is 6.42 Å². The van der Waals surface area contributed by atoms with Crippen molar-refractivity contribution in [3.63, 3.8) is 0 Å². The molecule has 0 saturated heterocycles. The number of nitrogens with one attached hydrogen (secondary N) is 1. The summed E-state index contributed by atoms with van der Waals surface area (Å²) in [5.74, 6) is 0.407. The Morgan fingerprint density at radius 2 is 1.80 bits per heavy atom. The van der Waals surface area contributed by atoms with Crippen LogP contribution in [0.1, 0.15) is 6.42 Å². The van der Waals surface area contributed by atoms with Gasteiger partial charge in [0.2, 0.25) is 5.91 Å². The fraction of sp³-hybridized carbons (Fsp3) is 0.125. The maximum absolute atomic E-state index is 11.6. The van der Waals surface area contributed by atoms with Crippen LogP contribution in [-0.4, -0.2) is 13.0 Å². The zero-order valence-electron chi connectivity index (χ0n) is 11.1. The SMILES string of the molecule is COc1ccccc1-c1ccccc1NC(=O)CC#N. The van der Waals surface area contributed by atoms with Gasteiger partial charge in [-0.1, -0.05) is 36.4 Å². The van der Waals surface area contributed by atoms with Crippen molar-refractivity contribution < 1.29 is 9.53 Å². The fourth-order valence-electron chi connectivity index (χ4n) is 1.96. The van der Waals surface area contributed by atoms with Crippen LogP contribution in [-0.2, 0) is 4.79 Å². The second-order valence-electron chi connectivity index (χ2n) is 4.13. The van der Waals surface area contributed by atoms with Crippen molar-refractivity contribution in [3.8, 4) is 22.9 Å². The summed E-state index contributed by atoms with van der Waals surface area (Å²) >= 11 is 0. The number of carbonyl (C=O) groups is 1. The van der Waals surface area contributed by atoms with E-state index >= 15 is 0 Å². The summed E-state index contributed by atoms with van der Waals surface area (Å²) in [6.07, 6.45) is -0.166. The van der Waals surface area contributed by atoms with E-state index in [1.807, 2.05) is 48.5 Å². The highest BCUT2D eigenvalue weighted by atomic mass is 16.5. The van der Waals surface area contributed by atoms with Crippen molar-refractivity contribution in [2.75, 3.05) is 12.4 Å². The van der Waals surface area contributed by atoms with Crippen molar-refractivity contribution in [2.24, 2.45) is 0 Å². The Labute approximate surface area is 117 Å². The maximum atomic E-state index is 11.6. The van der Waals surface area contributed by atoms with Crippen molar-refractivity contribution >= 4 is 11.6 Å². The smallest absolute Gasteiger partial charge is 0.238 e. The molecule has 4 heteroatoms. The number of methoxy groups -OCH3 is 1. The largest absolute Gasteiger partial charge is 0.496 e. The first-order valence-electron chi connectivity index (χ1n) is 6.15. The van der Waals surface area contributed by atoms with Gasteiger partial charge >= 0.3 is 0 Å². The van der Waals surface area contributed by atoms with Gasteiger partial charge in [0.1, 0.15) is 12.2 Å². The molecule has 0 aliphatic rings. The van der Waals surface area contributed by atoms with Gasteiger partial charge in [0.25, 0.3) is 0 Å². The van der Waals surface area contributed by atoms with E-state index in [0.29, 0.717) is 5.69 Å². The molecule has 0 fully saturated rings. The van der Waals surface area contributed by atoms with Gasteiger partial charge in [-0.3, -0.25) is 4.79 Å². The van der Waals surface area contributed by atoms with Crippen LogP contribution >= 0.6 is 0 Å². The first-order chi connectivity index (χ1) is 9.76. The number of hydrogen-bond acceptors (Lipinski definition) is 3. The van der Waals surface area contributed by atoms with E-state index in [2.05, 4.69) is 5.32 Å². The standard InChI is InChI=1S/C16H14N2O2/c1-20-15-9-5-3-7-13(15)12-6-2-4-8-14(12)18-16(19)10-11-17/h2-9H,10H2,1H3,(H,18,19). The second-order valence-corrected chi connectivity index (χ2v) is 4.13. The van der Waals surface area contributed by atoms with Crippen molar-refractivity contribution in [1.82, 2.24) is 0 Å². The number of nitriles is 1. The summed E-state index contributed by atoms with van der Waals surface area (Å²) < 4.78 is 5.34. The van der Waals surface area contributed by atoms with E-state index in [-0.39, 0.29) is 12.3 Å². The number of ether oxygens (including phenoxy) is 1. The minimum atomic E-state index is -0.324. The molecule has 1 N–H and O–H groups in total. The number of anilines is 1. The first kappa shape index (κ1) is 13.6. The molecular weight excluding hydrogens is 252 g/mol. The van der Waals surface area contributed by atoms with Gasteiger partial charge in [-0.25, -0.2) is 0 Å². The molecule has 0 aliphatic heterocycles. The number of carbonyl (C=O) groups excluding carboxylic acids is 1. The number of para-hydroxylation sites is 2. The minimum Gasteiger partial charge on any atom is -0.496 e. The topological polar surface area (TPSA) is 62.1 Å². The average Bonchev–Trinajstić information content (AvgIpc) is 2.48. The van der Waals surface area contributed by atoms with Crippen LogP contribution in [0.15, 0.2) is 48.5 Å². The molecule has 100 valence electrons. The monoisotopic (exact) mass is 266 g/mol. The zero-order valence-corrected chi connectivity index (χ0v) is 11.1. The Balaban J connectivity index is 2.42. The van der Waals surface area contributed by atoms with Gasteiger partial charge in [0.05, 0.1) is 13.2 Å². The zero-order chi connectivity index (χ0) is 14.4. The summed E-state index contributed by atoms with van der Waals surface area (Å²) in [7, 11) is 1.61. The third kappa shape index (κ3) is 2.96. The molecule has 2 aromatic carbocycles. The van der Waals surface area contributed by atoms with Crippen LogP contribution in [0.25, 0.3) is 11.1 Å². The Kier molecular flexibility index (Phi) is 4.35. The Morgan fingerprint density at radius 1 is 1.15 bits per heavy atom. The Hall–Kier alpha value is -2.80. The molecule has 2 aromatic rings. The van der Waals surface area contributed by atoms with Gasteiger partial charge in [-0.2, -0.15) is 5.26 Å². The fourth-order valence-corrected chi connectivity index (χ4v) is 1.96. The van der Waals surface area contributed by atoms with Crippen LogP contribution in [0.3, 0.4) is 0 Å². The predicted molar refractivity (Wildman–Crippen MR) is 77.3 cm³/mol. The van der Waals surface area contributed by atoms with Crippen molar-refractivity contribution in [3.05, 3.63) is 48.5 Å². The third-order valence-electron chi connectivity index (χ3n) is 2.84. The van der Waals surface area contributed by atoms with Crippen LogP contribution in [0, 0.1) is 11.3 Å². The normalized spacial score (nSPS) is 9.60. The highest BCUT2D eigenvalue weighted by molar-refractivity contribution is 5.97. The molecular formula is C16H14N2O2. The molecule has 2 rings (SSSR count). The van der Waals surface area contributed by atoms with E-state index in [4.69, 9.17) is 10.00 Å². The first-order valence-corrected chi connectivity index (χ1v) is 6.15. The third-order valence-corrected chi connectivity index (χ3v) is 2.84. The summed E-state index contributed by atoms with van der Waals surface area (Å²) in [4.78, 5) is 11.6. The lowest BCUT2D eigenvalue weighted by atomic mass is 10.0. The van der Waals surface area contributed by atoms with E-state index in [9.17, 15) is 4.79 Å². The van der Waals surface area contributed by atoms with Gasteiger partial charge < -0.3 is 10.1 Å². The lowest BCUT2D eigenvalue weighted by Crippen LogP contribution is -2.11. The number of nitrogens with zero attached hydrogens (tertiary/aromatic N) is 1. The maximum Gasteiger partial charge on any atom is 0.238 e. The molecule has 0 atom stereocenters. The van der Waals surface area contributed by atoms with E-state index in [1.165, 1.54) is 0 Å². The van der Waals surface area contributed by atoms with Crippen LogP contribution in [0.2, 0.25) is 0 Å². The highest BCUT2D eigenvalue weighted by Gasteiger charge is 2.11. The van der Waals surface area contributed by atoms with Gasteiger partial charge in [-0.05, 0) is 12.1 Å². The molecule has 0 saturated carbocycles. The lowest BCUT2D eigenvalue weighted by molar-refractivity contribution is -0.115. The average molecular weight is 266 g/mol. The minimum absolute atomic E-state index is 0.166. The quantitative estimate of drug-likeness (QED) is 0.924. The Bertz CT molecular complexity index is 660. The van der Waals surface area contributed by atoms with Crippen LogP contribution < -0.4 is 10.1 Å². The number of amides is 1. The Morgan fingerprint density at radius 3 is 2.50 bits per heavy atom. The summed E-state index contributed by atoms with van der Waals surface area (Å²) in [5, 5.41) is 11.3. The van der Waals surface area contributed by atoms with Crippen LogP contribution in [0.5, 0.6) is 5.75 Å². The molecule has 0 radical (unpaired) electrons. The number of benzene rings is 2. The summed E-state index contributed by atoms with van der Waals surface area (Å²) in [5.41, 5.74) is 2.41. The molecule has 0 bridgehead atoms. The molecule has 1 amide bonds. The van der Waals surface area contributed by atoms with Gasteiger partial charge in [0.15, 0.2) is 0 Å². The van der Waals surface area contributed by atoms with Gasteiger partial charge in [-0.15, -0.1) is 0 Å². The second kappa shape index (κ2) is 6.39. The predicted octanol–water partition coefficient (Wildman–Crippen LogP) is 3.21. The molecule has 0 spiro atoms.